The molecule has 0 radical (unpaired) electrons. The summed E-state index contributed by atoms with van der Waals surface area (Å²) in [4.78, 5) is 14.6. The van der Waals surface area contributed by atoms with Gasteiger partial charge in [-0.2, -0.15) is 0 Å². The van der Waals surface area contributed by atoms with Crippen LogP contribution in [0.3, 0.4) is 0 Å². The summed E-state index contributed by atoms with van der Waals surface area (Å²) in [6, 6.07) is 10.3. The molecule has 0 saturated heterocycles. The van der Waals surface area contributed by atoms with Crippen molar-refractivity contribution < 1.29 is 19.4 Å². The van der Waals surface area contributed by atoms with Crippen molar-refractivity contribution >= 4 is 23.3 Å². The minimum absolute atomic E-state index is 0.0766. The zero-order valence-corrected chi connectivity index (χ0v) is 16.1. The Morgan fingerprint density at radius 3 is 2.67 bits per heavy atom. The zero-order chi connectivity index (χ0) is 19.4. The standard InChI is InChI=1S/C20H23ClN2O4/c1-3-27-18-9-5-14(11-16(18)21)22-20(25)23(15-6-7-15)12-13-4-8-17(24)19(10-13)26-2/h4-5,8-11,15,24H,3,6-7,12H2,1-2H3,(H,22,25). The maximum absolute atomic E-state index is 12.8. The van der Waals surface area contributed by atoms with E-state index in [2.05, 4.69) is 5.32 Å². The van der Waals surface area contributed by atoms with Gasteiger partial charge in [-0.25, -0.2) is 4.79 Å². The summed E-state index contributed by atoms with van der Waals surface area (Å²) in [6.45, 7) is 2.84. The number of nitrogens with zero attached hydrogens (tertiary/aromatic N) is 1. The number of aromatic hydroxyl groups is 1. The van der Waals surface area contributed by atoms with Gasteiger partial charge in [0.05, 0.1) is 18.7 Å². The Kier molecular flexibility index (Phi) is 5.96. The number of methoxy groups -OCH3 is 1. The van der Waals surface area contributed by atoms with Gasteiger partial charge < -0.3 is 24.8 Å². The average molecular weight is 391 g/mol. The van der Waals surface area contributed by atoms with Gasteiger partial charge in [-0.05, 0) is 55.7 Å². The Hall–Kier alpha value is -2.60. The van der Waals surface area contributed by atoms with Crippen LogP contribution in [-0.4, -0.2) is 35.8 Å². The molecule has 0 spiro atoms. The molecular weight excluding hydrogens is 368 g/mol. The molecule has 0 aromatic heterocycles. The molecule has 0 atom stereocenters. The predicted octanol–water partition coefficient (Wildman–Crippen LogP) is 4.65. The largest absolute Gasteiger partial charge is 0.504 e. The summed E-state index contributed by atoms with van der Waals surface area (Å²) in [5.41, 5.74) is 1.50. The van der Waals surface area contributed by atoms with E-state index < -0.39 is 0 Å². The Morgan fingerprint density at radius 2 is 2.04 bits per heavy atom. The number of phenolic OH excluding ortho intramolecular Hbond substituents is 1. The van der Waals surface area contributed by atoms with E-state index in [1.807, 2.05) is 6.92 Å². The molecule has 1 fully saturated rings. The SMILES string of the molecule is CCOc1ccc(NC(=O)N(Cc2ccc(O)c(OC)c2)C2CC2)cc1Cl. The lowest BCUT2D eigenvalue weighted by Gasteiger charge is -2.23. The molecule has 0 aliphatic heterocycles. The first-order valence-electron chi connectivity index (χ1n) is 8.87. The fourth-order valence-corrected chi connectivity index (χ4v) is 3.05. The highest BCUT2D eigenvalue weighted by Crippen LogP contribution is 2.32. The number of halogens is 1. The summed E-state index contributed by atoms with van der Waals surface area (Å²) < 4.78 is 10.6. The van der Waals surface area contributed by atoms with Crippen molar-refractivity contribution in [3.05, 3.63) is 47.0 Å². The number of nitrogens with one attached hydrogen (secondary N) is 1. The molecule has 1 aliphatic carbocycles. The molecule has 0 unspecified atom stereocenters. The van der Waals surface area contributed by atoms with Gasteiger partial charge in [-0.15, -0.1) is 0 Å². The molecule has 0 bridgehead atoms. The third kappa shape index (κ3) is 4.77. The van der Waals surface area contributed by atoms with Crippen molar-refractivity contribution in [3.63, 3.8) is 0 Å². The lowest BCUT2D eigenvalue weighted by atomic mass is 10.2. The molecule has 2 N–H and O–H groups in total. The summed E-state index contributed by atoms with van der Waals surface area (Å²) in [5.74, 6) is 1.06. The minimum Gasteiger partial charge on any atom is -0.504 e. The minimum atomic E-state index is -0.190. The summed E-state index contributed by atoms with van der Waals surface area (Å²) >= 11 is 6.20. The van der Waals surface area contributed by atoms with E-state index in [1.54, 1.807) is 41.3 Å². The Morgan fingerprint density at radius 1 is 1.26 bits per heavy atom. The van der Waals surface area contributed by atoms with E-state index in [0.29, 0.717) is 35.4 Å². The summed E-state index contributed by atoms with van der Waals surface area (Å²) in [6.07, 6.45) is 1.96. The van der Waals surface area contributed by atoms with Crippen molar-refractivity contribution in [2.75, 3.05) is 19.0 Å². The zero-order valence-electron chi connectivity index (χ0n) is 15.4. The topological polar surface area (TPSA) is 71.0 Å². The number of urea groups is 1. The molecule has 1 saturated carbocycles. The van der Waals surface area contributed by atoms with Crippen LogP contribution in [0, 0.1) is 0 Å². The summed E-state index contributed by atoms with van der Waals surface area (Å²) in [7, 11) is 1.50. The highest BCUT2D eigenvalue weighted by molar-refractivity contribution is 6.32. The molecule has 3 rings (SSSR count). The third-order valence-corrected chi connectivity index (χ3v) is 4.62. The van der Waals surface area contributed by atoms with Gasteiger partial charge in [-0.3, -0.25) is 0 Å². The highest BCUT2D eigenvalue weighted by atomic mass is 35.5. The lowest BCUT2D eigenvalue weighted by Crippen LogP contribution is -2.36. The fourth-order valence-electron chi connectivity index (χ4n) is 2.82. The number of rotatable bonds is 7. The van der Waals surface area contributed by atoms with E-state index >= 15 is 0 Å². The molecule has 144 valence electrons. The van der Waals surface area contributed by atoms with Crippen LogP contribution in [0.5, 0.6) is 17.2 Å². The number of amides is 2. The molecule has 2 aromatic carbocycles. The van der Waals surface area contributed by atoms with Crippen LogP contribution >= 0.6 is 11.6 Å². The number of hydrogen-bond acceptors (Lipinski definition) is 4. The average Bonchev–Trinajstić information content (AvgIpc) is 3.48. The van der Waals surface area contributed by atoms with Crippen LogP contribution in [0.25, 0.3) is 0 Å². The van der Waals surface area contributed by atoms with Crippen LogP contribution in [0.4, 0.5) is 10.5 Å². The van der Waals surface area contributed by atoms with Gasteiger partial charge in [0.15, 0.2) is 11.5 Å². The van der Waals surface area contributed by atoms with Crippen LogP contribution in [0.15, 0.2) is 36.4 Å². The normalized spacial score (nSPS) is 13.1. The molecular formula is C20H23ClN2O4. The first-order chi connectivity index (χ1) is 13.0. The van der Waals surface area contributed by atoms with Gasteiger partial charge in [0, 0.05) is 18.3 Å². The maximum atomic E-state index is 12.8. The van der Waals surface area contributed by atoms with Gasteiger partial charge >= 0.3 is 6.03 Å². The molecule has 2 aromatic rings. The smallest absolute Gasteiger partial charge is 0.322 e. The lowest BCUT2D eigenvalue weighted by molar-refractivity contribution is 0.206. The number of anilines is 1. The van der Waals surface area contributed by atoms with E-state index in [-0.39, 0.29) is 17.8 Å². The highest BCUT2D eigenvalue weighted by Gasteiger charge is 2.32. The fraction of sp³-hybridized carbons (Fsp3) is 0.350. The number of phenols is 1. The number of benzene rings is 2. The van der Waals surface area contributed by atoms with Crippen molar-refractivity contribution in [2.45, 2.75) is 32.4 Å². The Bertz CT molecular complexity index is 824. The Balaban J connectivity index is 1.72. The van der Waals surface area contributed by atoms with E-state index in [1.165, 1.54) is 7.11 Å². The second-order valence-electron chi connectivity index (χ2n) is 6.37. The van der Waals surface area contributed by atoms with Crippen molar-refractivity contribution in [2.24, 2.45) is 0 Å². The van der Waals surface area contributed by atoms with Gasteiger partial charge in [0.25, 0.3) is 0 Å². The number of carbonyl (C=O) groups is 1. The van der Waals surface area contributed by atoms with E-state index in [0.717, 1.165) is 18.4 Å². The van der Waals surface area contributed by atoms with Crippen molar-refractivity contribution in [3.8, 4) is 17.2 Å². The quantitative estimate of drug-likeness (QED) is 0.721. The number of carbonyl (C=O) groups excluding carboxylic acids is 1. The Labute approximate surface area is 163 Å². The van der Waals surface area contributed by atoms with Gasteiger partial charge in [-0.1, -0.05) is 17.7 Å². The molecule has 27 heavy (non-hydrogen) atoms. The van der Waals surface area contributed by atoms with Gasteiger partial charge in [0.1, 0.15) is 5.75 Å². The van der Waals surface area contributed by atoms with Crippen LogP contribution in [0.1, 0.15) is 25.3 Å². The second-order valence-corrected chi connectivity index (χ2v) is 6.78. The van der Waals surface area contributed by atoms with Crippen molar-refractivity contribution in [1.29, 1.82) is 0 Å². The summed E-state index contributed by atoms with van der Waals surface area (Å²) in [5, 5.41) is 13.1. The van der Waals surface area contributed by atoms with Gasteiger partial charge in [0.2, 0.25) is 0 Å². The molecule has 2 amide bonds. The van der Waals surface area contributed by atoms with Crippen LogP contribution < -0.4 is 14.8 Å². The molecule has 1 aliphatic rings. The van der Waals surface area contributed by atoms with Crippen LogP contribution in [0.2, 0.25) is 5.02 Å². The van der Waals surface area contributed by atoms with Crippen molar-refractivity contribution in [1.82, 2.24) is 4.90 Å². The molecule has 7 heteroatoms. The molecule has 0 heterocycles. The van der Waals surface area contributed by atoms with E-state index in [9.17, 15) is 9.90 Å². The number of ether oxygens (including phenoxy) is 2. The number of hydrogen-bond donors (Lipinski definition) is 2. The monoisotopic (exact) mass is 390 g/mol. The van der Waals surface area contributed by atoms with Crippen LogP contribution in [-0.2, 0) is 6.54 Å². The third-order valence-electron chi connectivity index (χ3n) is 4.33. The predicted molar refractivity (Wildman–Crippen MR) is 105 cm³/mol. The van der Waals surface area contributed by atoms with E-state index in [4.69, 9.17) is 21.1 Å². The first-order valence-corrected chi connectivity index (χ1v) is 9.25. The molecule has 6 nitrogen and oxygen atoms in total. The second kappa shape index (κ2) is 8.39. The first kappa shape index (κ1) is 19.2. The maximum Gasteiger partial charge on any atom is 0.322 e.